The molecule has 1 aliphatic heterocycles. The fourth-order valence-corrected chi connectivity index (χ4v) is 3.28. The van der Waals surface area contributed by atoms with Crippen molar-refractivity contribution in [2.75, 3.05) is 13.1 Å². The molecule has 0 aromatic heterocycles. The molecule has 32 heavy (non-hydrogen) atoms. The fraction of sp³-hybridized carbons (Fsp3) is 0.630. The number of nitriles is 1. The van der Waals surface area contributed by atoms with Gasteiger partial charge in [-0.2, -0.15) is 5.26 Å². The molecule has 2 aliphatic rings. The second kappa shape index (κ2) is 17.3. The van der Waals surface area contributed by atoms with Crippen molar-refractivity contribution in [3.05, 3.63) is 49.1 Å². The largest absolute Gasteiger partial charge is 0.444 e. The van der Waals surface area contributed by atoms with Crippen molar-refractivity contribution >= 4 is 6.09 Å². The Labute approximate surface area is 196 Å². The molecule has 1 aromatic rings. The molecule has 0 radical (unpaired) electrons. The van der Waals surface area contributed by atoms with E-state index in [-0.39, 0.29) is 17.6 Å². The second-order valence-corrected chi connectivity index (χ2v) is 9.49. The highest BCUT2D eigenvalue weighted by Crippen LogP contribution is 2.34. The predicted molar refractivity (Wildman–Crippen MR) is 134 cm³/mol. The molecule has 1 aliphatic carbocycles. The number of benzene rings is 1. The number of nitrogens with zero attached hydrogens (tertiary/aromatic N) is 1. The van der Waals surface area contributed by atoms with Crippen LogP contribution < -0.4 is 10.6 Å². The Balaban J connectivity index is 0.000000455. The number of rotatable bonds is 1. The summed E-state index contributed by atoms with van der Waals surface area (Å²) < 4.78 is 5.16. The lowest BCUT2D eigenvalue weighted by atomic mass is 9.77. The van der Waals surface area contributed by atoms with E-state index in [4.69, 9.17) is 10.00 Å². The van der Waals surface area contributed by atoms with Crippen molar-refractivity contribution in [3.8, 4) is 6.07 Å². The molecular formula is C27H45N3O2. The topological polar surface area (TPSA) is 74.2 Å². The smallest absolute Gasteiger partial charge is 0.407 e. The van der Waals surface area contributed by atoms with Crippen LogP contribution in [0.2, 0.25) is 0 Å². The number of carbonyl (C=O) groups is 1. The molecule has 0 spiro atoms. The Kier molecular flexibility index (Phi) is 16.0. The van der Waals surface area contributed by atoms with Crippen LogP contribution in [0.1, 0.15) is 79.6 Å². The van der Waals surface area contributed by atoms with Gasteiger partial charge in [0, 0.05) is 12.6 Å². The highest BCUT2D eigenvalue weighted by Gasteiger charge is 2.25. The number of hydrogen-bond donors (Lipinski definition) is 2. The van der Waals surface area contributed by atoms with Gasteiger partial charge in [0.2, 0.25) is 0 Å². The summed E-state index contributed by atoms with van der Waals surface area (Å²) in [5, 5.41) is 14.8. The van der Waals surface area contributed by atoms with Crippen molar-refractivity contribution < 1.29 is 9.53 Å². The van der Waals surface area contributed by atoms with Gasteiger partial charge in [0.05, 0.1) is 11.5 Å². The number of hydrogen-bond acceptors (Lipinski definition) is 4. The van der Waals surface area contributed by atoms with Gasteiger partial charge >= 0.3 is 6.09 Å². The van der Waals surface area contributed by atoms with Crippen LogP contribution in [0.25, 0.3) is 0 Å². The molecule has 5 nitrogen and oxygen atoms in total. The lowest BCUT2D eigenvalue weighted by Crippen LogP contribution is -2.47. The standard InChI is InChI=1S/C10H20N2O2.C8H13N.C6H6.C3H6/c1-10(2,3)14-9(13)12-8-5-4-6-11-7-8;1-8(7-9)5-3-2-4-6-8;1-2-4-6-5-3-1;1-3-2/h8,11H,4-7H2,1-3H3,(H,12,13);2-6H2,1H3;1-6H;3H,1H2,2H3. The minimum Gasteiger partial charge on any atom is -0.444 e. The van der Waals surface area contributed by atoms with Crippen LogP contribution in [0.3, 0.4) is 0 Å². The molecule has 180 valence electrons. The molecule has 1 heterocycles. The minimum absolute atomic E-state index is 0.0260. The summed E-state index contributed by atoms with van der Waals surface area (Å²) in [5.41, 5.74) is -0.384. The molecule has 1 saturated heterocycles. The van der Waals surface area contributed by atoms with Crippen LogP contribution in [-0.4, -0.2) is 30.8 Å². The highest BCUT2D eigenvalue weighted by molar-refractivity contribution is 5.68. The number of ether oxygens (including phenoxy) is 1. The van der Waals surface area contributed by atoms with Crippen molar-refractivity contribution in [1.29, 1.82) is 5.26 Å². The first-order valence-electron chi connectivity index (χ1n) is 11.8. The van der Waals surface area contributed by atoms with Gasteiger partial charge in [-0.1, -0.05) is 61.7 Å². The summed E-state index contributed by atoms with van der Waals surface area (Å²) in [4.78, 5) is 11.4. The third-order valence-corrected chi connectivity index (χ3v) is 4.91. The molecule has 5 heteroatoms. The van der Waals surface area contributed by atoms with E-state index >= 15 is 0 Å². The number of amides is 1. The molecule has 1 unspecified atom stereocenters. The molecule has 0 bridgehead atoms. The van der Waals surface area contributed by atoms with Gasteiger partial charge in [0.1, 0.15) is 5.60 Å². The Morgan fingerprint density at radius 2 is 1.62 bits per heavy atom. The van der Waals surface area contributed by atoms with E-state index in [2.05, 4.69) is 30.2 Å². The Morgan fingerprint density at radius 1 is 1.12 bits per heavy atom. The number of nitrogens with one attached hydrogen (secondary N) is 2. The summed E-state index contributed by atoms with van der Waals surface area (Å²) in [5.74, 6) is 0. The lowest BCUT2D eigenvalue weighted by molar-refractivity contribution is 0.0497. The van der Waals surface area contributed by atoms with Crippen LogP contribution in [0.4, 0.5) is 4.79 Å². The van der Waals surface area contributed by atoms with E-state index in [0.717, 1.165) is 38.8 Å². The van der Waals surface area contributed by atoms with Crippen molar-refractivity contribution in [3.63, 3.8) is 0 Å². The fourth-order valence-electron chi connectivity index (χ4n) is 3.28. The summed E-state index contributed by atoms with van der Waals surface area (Å²) in [6, 6.07) is 14.6. The van der Waals surface area contributed by atoms with Gasteiger partial charge in [-0.3, -0.25) is 0 Å². The van der Waals surface area contributed by atoms with Crippen LogP contribution in [0, 0.1) is 16.7 Å². The van der Waals surface area contributed by atoms with Crippen LogP contribution >= 0.6 is 0 Å². The van der Waals surface area contributed by atoms with Gasteiger partial charge in [0.25, 0.3) is 0 Å². The van der Waals surface area contributed by atoms with Crippen molar-refractivity contribution in [1.82, 2.24) is 10.6 Å². The molecule has 1 saturated carbocycles. The van der Waals surface area contributed by atoms with Gasteiger partial charge in [0.15, 0.2) is 0 Å². The average molecular weight is 444 g/mol. The predicted octanol–water partition coefficient (Wildman–Crippen LogP) is 6.62. The van der Waals surface area contributed by atoms with E-state index in [9.17, 15) is 4.79 Å². The monoisotopic (exact) mass is 443 g/mol. The number of alkyl carbamates (subject to hydrolysis) is 1. The molecule has 3 rings (SSSR count). The molecule has 1 aromatic carbocycles. The van der Waals surface area contributed by atoms with E-state index in [0.29, 0.717) is 0 Å². The molecule has 1 atom stereocenters. The maximum absolute atomic E-state index is 11.4. The third-order valence-electron chi connectivity index (χ3n) is 4.91. The quantitative estimate of drug-likeness (QED) is 0.478. The van der Waals surface area contributed by atoms with Crippen LogP contribution in [0.5, 0.6) is 0 Å². The lowest BCUT2D eigenvalue weighted by Gasteiger charge is -2.26. The molecule has 2 N–H and O–H groups in total. The van der Waals surface area contributed by atoms with Crippen molar-refractivity contribution in [2.45, 2.75) is 91.2 Å². The summed E-state index contributed by atoms with van der Waals surface area (Å²) in [6.07, 6.45) is 9.65. The Morgan fingerprint density at radius 3 is 1.97 bits per heavy atom. The average Bonchev–Trinajstić information content (AvgIpc) is 2.76. The van der Waals surface area contributed by atoms with E-state index in [1.807, 2.05) is 64.1 Å². The zero-order valence-electron chi connectivity index (χ0n) is 21.0. The minimum atomic E-state index is -0.411. The number of piperidine rings is 1. The van der Waals surface area contributed by atoms with Gasteiger partial charge in [-0.15, -0.1) is 6.58 Å². The van der Waals surface area contributed by atoms with E-state index in [1.165, 1.54) is 19.3 Å². The van der Waals surface area contributed by atoms with Gasteiger partial charge in [-0.05, 0) is 66.8 Å². The maximum atomic E-state index is 11.4. The van der Waals surface area contributed by atoms with Crippen LogP contribution in [0.15, 0.2) is 49.1 Å². The second-order valence-electron chi connectivity index (χ2n) is 9.49. The maximum Gasteiger partial charge on any atom is 0.407 e. The Hall–Kier alpha value is -2.32. The van der Waals surface area contributed by atoms with Crippen molar-refractivity contribution in [2.24, 2.45) is 5.41 Å². The summed E-state index contributed by atoms with van der Waals surface area (Å²) in [7, 11) is 0. The van der Waals surface area contributed by atoms with Gasteiger partial charge in [-0.25, -0.2) is 4.79 Å². The highest BCUT2D eigenvalue weighted by atomic mass is 16.6. The number of carbonyl (C=O) groups excluding carboxylic acids is 1. The van der Waals surface area contributed by atoms with E-state index < -0.39 is 5.60 Å². The normalized spacial score (nSPS) is 18.9. The molecular weight excluding hydrogens is 398 g/mol. The van der Waals surface area contributed by atoms with Gasteiger partial charge < -0.3 is 15.4 Å². The first-order valence-corrected chi connectivity index (χ1v) is 11.8. The zero-order chi connectivity index (χ0) is 24.3. The first-order chi connectivity index (χ1) is 15.2. The SMILES string of the molecule is C=CC.CC(C)(C)OC(=O)NC1CCCNC1.CC1(C#N)CCCCC1.c1ccccc1. The molecule has 2 fully saturated rings. The Bertz CT molecular complexity index is 608. The summed E-state index contributed by atoms with van der Waals surface area (Å²) >= 11 is 0. The molecule has 1 amide bonds. The zero-order valence-corrected chi connectivity index (χ0v) is 21.0. The van der Waals surface area contributed by atoms with Crippen LogP contribution in [-0.2, 0) is 4.74 Å². The van der Waals surface area contributed by atoms with E-state index in [1.54, 1.807) is 6.08 Å². The third kappa shape index (κ3) is 17.4. The number of allylic oxidation sites excluding steroid dienone is 1. The first kappa shape index (κ1) is 29.7. The summed E-state index contributed by atoms with van der Waals surface area (Å²) in [6.45, 7) is 14.8.